The van der Waals surface area contributed by atoms with Crippen LogP contribution >= 0.6 is 15.9 Å². The molecule has 0 amide bonds. The lowest BCUT2D eigenvalue weighted by molar-refractivity contribution is -0.311. The molecule has 0 aliphatic rings. The zero-order chi connectivity index (χ0) is 6.57. The van der Waals surface area contributed by atoms with Crippen molar-refractivity contribution in [1.82, 2.24) is 0 Å². The van der Waals surface area contributed by atoms with Crippen LogP contribution in [0, 0.1) is 0 Å². The number of hydrogen-bond acceptors (Lipinski definition) is 3. The number of carbonyl (C=O) groups is 1. The first-order valence-electron chi connectivity index (χ1n) is 2.15. The van der Waals surface area contributed by atoms with E-state index in [4.69, 9.17) is 0 Å². The van der Waals surface area contributed by atoms with Gasteiger partial charge in [0.2, 0.25) is 0 Å². The summed E-state index contributed by atoms with van der Waals surface area (Å²) in [6, 6.07) is 0. The van der Waals surface area contributed by atoms with Crippen molar-refractivity contribution in [2.24, 2.45) is 0 Å². The molecule has 1 atom stereocenters. The molecule has 0 spiro atoms. The second kappa shape index (κ2) is 3.86. The average Bonchev–Trinajstić information content (AvgIpc) is 1.67. The van der Waals surface area contributed by atoms with Crippen molar-refractivity contribution < 1.29 is 14.6 Å². The van der Waals surface area contributed by atoms with E-state index in [2.05, 4.69) is 20.7 Å². The second-order valence-electron chi connectivity index (χ2n) is 1.09. The van der Waals surface area contributed by atoms with Crippen molar-refractivity contribution in [3.05, 3.63) is 0 Å². The van der Waals surface area contributed by atoms with E-state index in [1.165, 1.54) is 0 Å². The molecule has 0 saturated heterocycles. The third-order valence-corrected chi connectivity index (χ3v) is 1.14. The Balaban J connectivity index is 3.32. The highest BCUT2D eigenvalue weighted by Crippen LogP contribution is 1.97. The van der Waals surface area contributed by atoms with Crippen LogP contribution in [-0.2, 0) is 9.53 Å². The molecule has 1 unspecified atom stereocenters. The Labute approximate surface area is 55.8 Å². The quantitative estimate of drug-likeness (QED) is 0.552. The molecular formula is C4H6BrO3-. The van der Waals surface area contributed by atoms with Crippen LogP contribution in [0.4, 0.5) is 0 Å². The summed E-state index contributed by atoms with van der Waals surface area (Å²) in [4.78, 5) is 9.81. The third-order valence-electron chi connectivity index (χ3n) is 0.498. The van der Waals surface area contributed by atoms with Crippen LogP contribution in [0.15, 0.2) is 0 Å². The van der Waals surface area contributed by atoms with Crippen LogP contribution in [0.5, 0.6) is 0 Å². The number of ether oxygens (including phenoxy) is 1. The number of rotatable bonds is 3. The Kier molecular flexibility index (Phi) is 3.81. The maximum atomic E-state index is 9.81. The first-order chi connectivity index (χ1) is 3.68. The molecule has 48 valence electrons. The lowest BCUT2D eigenvalue weighted by Gasteiger charge is -2.08. The Morgan fingerprint density at radius 2 is 2.50 bits per heavy atom. The van der Waals surface area contributed by atoms with Crippen LogP contribution in [0.2, 0.25) is 0 Å². The van der Waals surface area contributed by atoms with Gasteiger partial charge in [-0.2, -0.15) is 0 Å². The minimum Gasteiger partial charge on any atom is -0.546 e. The highest BCUT2D eigenvalue weighted by atomic mass is 79.9. The maximum Gasteiger partial charge on any atom is 0.151 e. The minimum absolute atomic E-state index is 0.365. The van der Waals surface area contributed by atoms with Gasteiger partial charge in [0.15, 0.2) is 5.01 Å². The van der Waals surface area contributed by atoms with Gasteiger partial charge in [-0.15, -0.1) is 0 Å². The number of halogens is 1. The summed E-state index contributed by atoms with van der Waals surface area (Å²) in [5, 5.41) is 8.84. The molecule has 0 radical (unpaired) electrons. The molecule has 0 aromatic rings. The number of carbonyl (C=O) groups excluding carboxylic acids is 1. The number of aliphatic carboxylic acids is 1. The predicted molar refractivity (Wildman–Crippen MR) is 29.3 cm³/mol. The molecule has 0 aromatic heterocycles. The molecule has 0 rings (SSSR count). The van der Waals surface area contributed by atoms with Gasteiger partial charge in [-0.1, -0.05) is 15.9 Å². The van der Waals surface area contributed by atoms with E-state index < -0.39 is 11.0 Å². The van der Waals surface area contributed by atoms with Gasteiger partial charge in [0.05, 0.1) is 5.97 Å². The summed E-state index contributed by atoms with van der Waals surface area (Å²) in [5.74, 6) is -1.24. The fraction of sp³-hybridized carbons (Fsp3) is 0.750. The summed E-state index contributed by atoms with van der Waals surface area (Å²) in [7, 11) is 0. The van der Waals surface area contributed by atoms with Crippen molar-refractivity contribution >= 4 is 21.9 Å². The van der Waals surface area contributed by atoms with Gasteiger partial charge in [-0.05, 0) is 6.92 Å². The van der Waals surface area contributed by atoms with Crippen molar-refractivity contribution in [2.45, 2.75) is 11.9 Å². The standard InChI is InChI=1S/C4H7BrO3/c1-2-8-3(5)4(6)7/h3H,2H2,1H3,(H,6,7)/p-1. The minimum atomic E-state index is -1.24. The number of hydrogen-bond donors (Lipinski definition) is 0. The van der Waals surface area contributed by atoms with Gasteiger partial charge in [0, 0.05) is 6.61 Å². The first kappa shape index (κ1) is 7.91. The molecule has 4 heteroatoms. The van der Waals surface area contributed by atoms with Crippen molar-refractivity contribution in [3.63, 3.8) is 0 Å². The molecular weight excluding hydrogens is 176 g/mol. The van der Waals surface area contributed by atoms with Crippen LogP contribution in [0.3, 0.4) is 0 Å². The van der Waals surface area contributed by atoms with Crippen molar-refractivity contribution in [3.8, 4) is 0 Å². The fourth-order valence-electron chi connectivity index (χ4n) is 0.214. The Hall–Kier alpha value is -0.0900. The third kappa shape index (κ3) is 2.98. The van der Waals surface area contributed by atoms with E-state index in [0.29, 0.717) is 6.61 Å². The molecule has 0 N–H and O–H groups in total. The number of carboxylic acids is 1. The van der Waals surface area contributed by atoms with E-state index >= 15 is 0 Å². The van der Waals surface area contributed by atoms with E-state index in [-0.39, 0.29) is 0 Å². The van der Waals surface area contributed by atoms with Crippen LogP contribution in [-0.4, -0.2) is 17.6 Å². The lowest BCUT2D eigenvalue weighted by Crippen LogP contribution is -2.33. The molecule has 0 saturated carbocycles. The molecule has 0 fully saturated rings. The van der Waals surface area contributed by atoms with E-state index in [9.17, 15) is 9.90 Å². The van der Waals surface area contributed by atoms with Gasteiger partial charge in [0.1, 0.15) is 0 Å². The monoisotopic (exact) mass is 181 g/mol. The lowest BCUT2D eigenvalue weighted by atomic mass is 10.7. The van der Waals surface area contributed by atoms with E-state index in [1.54, 1.807) is 6.92 Å². The zero-order valence-corrected chi connectivity index (χ0v) is 5.97. The molecule has 0 aromatic carbocycles. The zero-order valence-electron chi connectivity index (χ0n) is 4.39. The van der Waals surface area contributed by atoms with E-state index in [1.807, 2.05) is 0 Å². The molecule has 0 aliphatic carbocycles. The average molecular weight is 182 g/mol. The highest BCUT2D eigenvalue weighted by molar-refractivity contribution is 9.09. The van der Waals surface area contributed by atoms with Gasteiger partial charge >= 0.3 is 0 Å². The smallest absolute Gasteiger partial charge is 0.151 e. The number of alkyl halides is 1. The molecule has 3 nitrogen and oxygen atoms in total. The van der Waals surface area contributed by atoms with Crippen molar-refractivity contribution in [1.29, 1.82) is 0 Å². The number of carboxylic acid groups (broad SMARTS) is 1. The first-order valence-corrected chi connectivity index (χ1v) is 3.06. The summed E-state index contributed by atoms with van der Waals surface area (Å²) < 4.78 is 4.56. The molecule has 0 bridgehead atoms. The molecule has 8 heavy (non-hydrogen) atoms. The van der Waals surface area contributed by atoms with Gasteiger partial charge in [-0.3, -0.25) is 0 Å². The Morgan fingerprint density at radius 1 is 2.00 bits per heavy atom. The van der Waals surface area contributed by atoms with Crippen molar-refractivity contribution in [2.75, 3.05) is 6.61 Å². The summed E-state index contributed by atoms with van der Waals surface area (Å²) in [6.07, 6.45) is 0. The van der Waals surface area contributed by atoms with Crippen LogP contribution in [0.25, 0.3) is 0 Å². The van der Waals surface area contributed by atoms with Crippen LogP contribution in [0.1, 0.15) is 6.92 Å². The Morgan fingerprint density at radius 3 is 2.62 bits per heavy atom. The normalized spacial score (nSPS) is 13.2. The summed E-state index contributed by atoms with van der Waals surface area (Å²) in [6.45, 7) is 2.07. The SMILES string of the molecule is CCOC(Br)C(=O)[O-]. The highest BCUT2D eigenvalue weighted by Gasteiger charge is 2.00. The molecule has 0 heterocycles. The topological polar surface area (TPSA) is 49.4 Å². The van der Waals surface area contributed by atoms with Gasteiger partial charge in [0.25, 0.3) is 0 Å². The maximum absolute atomic E-state index is 9.81. The summed E-state index contributed by atoms with van der Waals surface area (Å²) in [5.41, 5.74) is 0. The van der Waals surface area contributed by atoms with Gasteiger partial charge in [-0.25, -0.2) is 0 Å². The van der Waals surface area contributed by atoms with E-state index in [0.717, 1.165) is 0 Å². The summed E-state index contributed by atoms with van der Waals surface area (Å²) >= 11 is 2.72. The predicted octanol–water partition coefficient (Wildman–Crippen LogP) is -0.506. The fourth-order valence-corrected chi connectivity index (χ4v) is 0.479. The largest absolute Gasteiger partial charge is 0.546 e. The second-order valence-corrected chi connectivity index (χ2v) is 1.92. The van der Waals surface area contributed by atoms with Gasteiger partial charge < -0.3 is 14.6 Å². The molecule has 0 aliphatic heterocycles. The Bertz CT molecular complexity index is 83.4. The van der Waals surface area contributed by atoms with Crippen LogP contribution < -0.4 is 5.11 Å².